The van der Waals surface area contributed by atoms with Crippen LogP contribution >= 0.6 is 23.1 Å². The molecule has 0 spiro atoms. The maximum Gasteiger partial charge on any atom is 0.322 e. The van der Waals surface area contributed by atoms with Crippen molar-refractivity contribution in [3.05, 3.63) is 53.2 Å². The molecule has 8 nitrogen and oxygen atoms in total. The summed E-state index contributed by atoms with van der Waals surface area (Å²) in [5.41, 5.74) is 1.03. The number of aromatic nitrogens is 2. The number of rotatable bonds is 8. The first-order chi connectivity index (χ1) is 15.8. The number of sulfonamides is 1. The summed E-state index contributed by atoms with van der Waals surface area (Å²) in [4.78, 5) is 14.0. The van der Waals surface area contributed by atoms with E-state index in [1.165, 1.54) is 20.5 Å². The first-order valence-corrected chi connectivity index (χ1v) is 13.9. The fourth-order valence-electron chi connectivity index (χ4n) is 3.63. The first-order valence-electron chi connectivity index (χ1n) is 10.7. The molecule has 0 saturated carbocycles. The number of carbonyl (C=O) groups is 1. The molecule has 1 unspecified atom stereocenters. The number of anilines is 1. The van der Waals surface area contributed by atoms with Gasteiger partial charge in [-0.15, -0.1) is 28.2 Å². The zero-order chi connectivity index (χ0) is 23.4. The fraction of sp³-hybridized carbons (Fsp3) is 0.409. The topological polar surface area (TPSA) is 105 Å². The molecule has 1 N–H and O–H groups in total. The number of carbonyl (C=O) groups excluding carboxylic acids is 1. The normalized spacial score (nSPS) is 17.4. The van der Waals surface area contributed by atoms with Crippen LogP contribution in [0.3, 0.4) is 0 Å². The number of thiophene rings is 1. The van der Waals surface area contributed by atoms with Crippen LogP contribution in [-0.4, -0.2) is 47.2 Å². The number of benzene rings is 1. The molecule has 1 saturated heterocycles. The van der Waals surface area contributed by atoms with Crippen LogP contribution in [0.2, 0.25) is 0 Å². The van der Waals surface area contributed by atoms with Crippen molar-refractivity contribution in [2.75, 3.05) is 18.4 Å². The van der Waals surface area contributed by atoms with Gasteiger partial charge in [0.15, 0.2) is 0 Å². The third kappa shape index (κ3) is 6.03. The van der Waals surface area contributed by atoms with Crippen LogP contribution in [0, 0.1) is 5.92 Å². The van der Waals surface area contributed by atoms with Crippen LogP contribution in [0.5, 0.6) is 0 Å². The van der Waals surface area contributed by atoms with Crippen LogP contribution in [0.25, 0.3) is 0 Å². The zero-order valence-electron chi connectivity index (χ0n) is 18.4. The van der Waals surface area contributed by atoms with Gasteiger partial charge in [-0.2, -0.15) is 4.31 Å². The molecule has 3 heterocycles. The van der Waals surface area contributed by atoms with Gasteiger partial charge >= 0.3 is 6.01 Å². The van der Waals surface area contributed by atoms with Gasteiger partial charge < -0.3 is 4.42 Å². The highest BCUT2D eigenvalue weighted by Gasteiger charge is 2.34. The molecular formula is C22H26N4O4S3. The van der Waals surface area contributed by atoms with Gasteiger partial charge in [0.05, 0.1) is 12.3 Å². The summed E-state index contributed by atoms with van der Waals surface area (Å²) in [7, 11) is -3.58. The molecular weight excluding hydrogens is 480 g/mol. The van der Waals surface area contributed by atoms with Gasteiger partial charge in [0.1, 0.15) is 4.21 Å². The zero-order valence-corrected chi connectivity index (χ0v) is 20.9. The molecule has 1 aromatic carbocycles. The lowest BCUT2D eigenvalue weighted by atomic mass is 9.99. The van der Waals surface area contributed by atoms with E-state index in [9.17, 15) is 13.2 Å². The van der Waals surface area contributed by atoms with Gasteiger partial charge in [-0.3, -0.25) is 10.1 Å². The summed E-state index contributed by atoms with van der Waals surface area (Å²) in [5.74, 6) is -0.388. The van der Waals surface area contributed by atoms with Gasteiger partial charge in [0.2, 0.25) is 11.8 Å². The molecule has 4 rings (SSSR count). The Bertz CT molecular complexity index is 1170. The minimum absolute atomic E-state index is 0.0280. The first kappa shape index (κ1) is 23.9. The summed E-state index contributed by atoms with van der Waals surface area (Å²) in [5, 5.41) is 12.9. The Morgan fingerprint density at radius 3 is 2.76 bits per heavy atom. The second-order valence-electron chi connectivity index (χ2n) is 8.11. The van der Waals surface area contributed by atoms with Crippen molar-refractivity contribution in [3.8, 4) is 0 Å². The summed E-state index contributed by atoms with van der Waals surface area (Å²) in [6, 6.07) is 11.5. The molecule has 33 heavy (non-hydrogen) atoms. The molecule has 1 amide bonds. The molecule has 0 bridgehead atoms. The molecule has 1 atom stereocenters. The van der Waals surface area contributed by atoms with Crippen molar-refractivity contribution in [1.82, 2.24) is 14.5 Å². The van der Waals surface area contributed by atoms with Gasteiger partial charge in [0.25, 0.3) is 10.0 Å². The second kappa shape index (κ2) is 10.4. The van der Waals surface area contributed by atoms with E-state index in [1.54, 1.807) is 29.3 Å². The number of nitrogens with zero attached hydrogens (tertiary/aromatic N) is 3. The Kier molecular flexibility index (Phi) is 7.52. The van der Waals surface area contributed by atoms with Crippen molar-refractivity contribution in [2.24, 2.45) is 5.92 Å². The van der Waals surface area contributed by atoms with E-state index >= 15 is 0 Å². The van der Waals surface area contributed by atoms with Crippen LogP contribution in [0.15, 0.2) is 55.3 Å². The number of hydrogen-bond acceptors (Lipinski definition) is 8. The highest BCUT2D eigenvalue weighted by molar-refractivity contribution is 7.99. The van der Waals surface area contributed by atoms with E-state index in [0.29, 0.717) is 41.2 Å². The molecule has 0 aliphatic carbocycles. The molecule has 11 heteroatoms. The lowest BCUT2D eigenvalue weighted by molar-refractivity contribution is -0.121. The Hall–Kier alpha value is -2.21. The number of thioether (sulfide) groups is 1. The van der Waals surface area contributed by atoms with Crippen LogP contribution in [0.4, 0.5) is 6.01 Å². The maximum absolute atomic E-state index is 12.8. The van der Waals surface area contributed by atoms with E-state index in [4.69, 9.17) is 4.42 Å². The van der Waals surface area contributed by atoms with E-state index in [0.717, 1.165) is 5.56 Å². The van der Waals surface area contributed by atoms with Crippen LogP contribution in [0.1, 0.15) is 38.1 Å². The van der Waals surface area contributed by atoms with Crippen molar-refractivity contribution < 1.29 is 17.6 Å². The Morgan fingerprint density at radius 2 is 2.06 bits per heavy atom. The third-order valence-electron chi connectivity index (χ3n) is 5.19. The molecule has 3 aromatic rings. The molecule has 0 radical (unpaired) electrons. The van der Waals surface area contributed by atoms with Gasteiger partial charge in [0, 0.05) is 23.2 Å². The quantitative estimate of drug-likeness (QED) is 0.455. The van der Waals surface area contributed by atoms with E-state index < -0.39 is 15.9 Å². The Morgan fingerprint density at radius 1 is 1.27 bits per heavy atom. The van der Waals surface area contributed by atoms with E-state index in [2.05, 4.69) is 41.5 Å². The van der Waals surface area contributed by atoms with E-state index in [1.807, 2.05) is 12.1 Å². The number of hydrogen-bond donors (Lipinski definition) is 1. The smallest absolute Gasteiger partial charge is 0.322 e. The SMILES string of the molecule is CC(C)Sc1ccc(Cc2nnc(NC(=O)C3CCCN(S(=O)(=O)c4cccs4)C3)o2)cc1. The average Bonchev–Trinajstić information content (AvgIpc) is 3.48. The van der Waals surface area contributed by atoms with Crippen LogP contribution < -0.4 is 5.32 Å². The summed E-state index contributed by atoms with van der Waals surface area (Å²) >= 11 is 2.98. The molecule has 1 fully saturated rings. The Labute approximate surface area is 201 Å². The predicted molar refractivity (Wildman–Crippen MR) is 129 cm³/mol. The van der Waals surface area contributed by atoms with E-state index in [-0.39, 0.29) is 18.5 Å². The summed E-state index contributed by atoms with van der Waals surface area (Å²) in [6.07, 6.45) is 1.68. The molecule has 1 aliphatic rings. The minimum Gasteiger partial charge on any atom is -0.407 e. The van der Waals surface area contributed by atoms with Gasteiger partial charge in [-0.1, -0.05) is 37.1 Å². The van der Waals surface area contributed by atoms with Crippen molar-refractivity contribution >= 4 is 45.0 Å². The summed E-state index contributed by atoms with van der Waals surface area (Å²) in [6.45, 7) is 4.84. The van der Waals surface area contributed by atoms with Crippen LogP contribution in [-0.2, 0) is 21.2 Å². The monoisotopic (exact) mass is 506 g/mol. The lowest BCUT2D eigenvalue weighted by Gasteiger charge is -2.30. The van der Waals surface area contributed by atoms with Gasteiger partial charge in [-0.05, 0) is 42.0 Å². The largest absolute Gasteiger partial charge is 0.407 e. The second-order valence-corrected chi connectivity index (χ2v) is 12.9. The Balaban J connectivity index is 1.34. The highest BCUT2D eigenvalue weighted by Crippen LogP contribution is 2.27. The maximum atomic E-state index is 12.8. The third-order valence-corrected chi connectivity index (χ3v) is 9.45. The van der Waals surface area contributed by atoms with Crippen molar-refractivity contribution in [1.29, 1.82) is 0 Å². The van der Waals surface area contributed by atoms with Crippen molar-refractivity contribution in [2.45, 2.75) is 47.5 Å². The minimum atomic E-state index is -3.58. The molecule has 2 aromatic heterocycles. The fourth-order valence-corrected chi connectivity index (χ4v) is 7.13. The predicted octanol–water partition coefficient (Wildman–Crippen LogP) is 4.26. The number of piperidine rings is 1. The highest BCUT2D eigenvalue weighted by atomic mass is 32.2. The average molecular weight is 507 g/mol. The number of nitrogens with one attached hydrogen (secondary N) is 1. The molecule has 1 aliphatic heterocycles. The van der Waals surface area contributed by atoms with Crippen molar-refractivity contribution in [3.63, 3.8) is 0 Å². The lowest BCUT2D eigenvalue weighted by Crippen LogP contribution is -2.43. The molecule has 176 valence electrons. The standard InChI is InChI=1S/C22H26N4O4S3/c1-15(2)32-18-9-7-16(8-10-18)13-19-24-25-22(30-19)23-21(27)17-5-3-11-26(14-17)33(28,29)20-6-4-12-31-20/h4,6-10,12,15,17H,3,5,11,13-14H2,1-2H3,(H,23,25,27). The van der Waals surface area contributed by atoms with Gasteiger partial charge in [-0.25, -0.2) is 8.42 Å². The summed E-state index contributed by atoms with van der Waals surface area (Å²) < 4.78 is 32.9. The number of amides is 1.